The summed E-state index contributed by atoms with van der Waals surface area (Å²) in [5, 5.41) is 17.3. The molecule has 0 fully saturated rings. The first kappa shape index (κ1) is 13.5. The van der Waals surface area contributed by atoms with Gasteiger partial charge in [0.25, 0.3) is 0 Å². The summed E-state index contributed by atoms with van der Waals surface area (Å²) >= 11 is 1.19. The van der Waals surface area contributed by atoms with Gasteiger partial charge in [-0.15, -0.1) is 10.2 Å². The molecule has 0 saturated heterocycles. The first-order valence-electron chi connectivity index (χ1n) is 5.80. The predicted octanol–water partition coefficient (Wildman–Crippen LogP) is 1.40. The summed E-state index contributed by atoms with van der Waals surface area (Å²) < 4.78 is 1.93. The zero-order chi connectivity index (χ0) is 13.7. The van der Waals surface area contributed by atoms with Gasteiger partial charge in [-0.25, -0.2) is 0 Å². The topological polar surface area (TPSA) is 80.9 Å². The van der Waals surface area contributed by atoms with E-state index in [0.29, 0.717) is 11.7 Å². The van der Waals surface area contributed by atoms with Crippen LogP contribution in [0.1, 0.15) is 11.4 Å². The molecule has 0 aromatic carbocycles. The highest BCUT2D eigenvalue weighted by Crippen LogP contribution is 2.17. The van der Waals surface area contributed by atoms with E-state index in [1.165, 1.54) is 11.8 Å². The second-order valence-corrected chi connectivity index (χ2v) is 4.92. The van der Waals surface area contributed by atoms with Crippen LogP contribution in [0.2, 0.25) is 0 Å². The predicted molar refractivity (Wildman–Crippen MR) is 71.1 cm³/mol. The summed E-state index contributed by atoms with van der Waals surface area (Å²) in [5.41, 5.74) is 1.13. The van der Waals surface area contributed by atoms with Gasteiger partial charge in [0, 0.05) is 18.9 Å². The van der Waals surface area contributed by atoms with Crippen molar-refractivity contribution in [3.8, 4) is 0 Å². The van der Waals surface area contributed by atoms with Crippen LogP contribution >= 0.6 is 11.8 Å². The summed E-state index contributed by atoms with van der Waals surface area (Å²) in [6.45, 7) is 2.58. The summed E-state index contributed by atoms with van der Waals surface area (Å²) in [7, 11) is 0. The lowest BCUT2D eigenvalue weighted by Crippen LogP contribution is -2.07. The fourth-order valence-corrected chi connectivity index (χ4v) is 2.37. The van der Waals surface area contributed by atoms with Crippen LogP contribution in [-0.4, -0.2) is 36.6 Å². The van der Waals surface area contributed by atoms with Gasteiger partial charge in [-0.2, -0.15) is 0 Å². The maximum absolute atomic E-state index is 10.6. The number of aromatic nitrogens is 4. The van der Waals surface area contributed by atoms with Crippen molar-refractivity contribution in [1.82, 2.24) is 19.7 Å². The number of aryl methyl sites for hydroxylation is 2. The number of hydrogen-bond donors (Lipinski definition) is 1. The fourth-order valence-electron chi connectivity index (χ4n) is 1.64. The Balaban J connectivity index is 2.03. The highest BCUT2D eigenvalue weighted by atomic mass is 32.2. The quantitative estimate of drug-likeness (QED) is 0.804. The molecule has 0 atom stereocenters. The summed E-state index contributed by atoms with van der Waals surface area (Å²) in [5.74, 6) is -0.0772. The number of aliphatic carboxylic acids is 1. The zero-order valence-corrected chi connectivity index (χ0v) is 11.3. The molecule has 1 N–H and O–H groups in total. The van der Waals surface area contributed by atoms with Crippen molar-refractivity contribution < 1.29 is 9.90 Å². The molecule has 100 valence electrons. The van der Waals surface area contributed by atoms with Crippen LogP contribution in [0.25, 0.3) is 0 Å². The van der Waals surface area contributed by atoms with Gasteiger partial charge in [0.05, 0.1) is 5.75 Å². The standard InChI is InChI=1S/C12H14N4O2S/c1-9-14-15-12(19-8-11(17)18)16(9)6-4-10-3-2-5-13-7-10/h2-3,5,7H,4,6,8H2,1H3,(H,17,18). The molecule has 0 spiro atoms. The Bertz CT molecular complexity index is 556. The molecule has 0 radical (unpaired) electrons. The molecular formula is C12H14N4O2S. The molecule has 0 aliphatic rings. The Hall–Kier alpha value is -1.89. The van der Waals surface area contributed by atoms with Gasteiger partial charge < -0.3 is 9.67 Å². The largest absolute Gasteiger partial charge is 0.481 e. The molecule has 6 nitrogen and oxygen atoms in total. The second kappa shape index (κ2) is 6.33. The molecule has 0 unspecified atom stereocenters. The van der Waals surface area contributed by atoms with Crippen LogP contribution in [0.5, 0.6) is 0 Å². The average Bonchev–Trinajstić information content (AvgIpc) is 2.76. The Morgan fingerprint density at radius 2 is 2.32 bits per heavy atom. The highest BCUT2D eigenvalue weighted by molar-refractivity contribution is 7.99. The number of carbonyl (C=O) groups is 1. The van der Waals surface area contributed by atoms with Crippen LogP contribution in [0.15, 0.2) is 29.7 Å². The van der Waals surface area contributed by atoms with Gasteiger partial charge in [0.2, 0.25) is 0 Å². The van der Waals surface area contributed by atoms with E-state index in [-0.39, 0.29) is 5.75 Å². The van der Waals surface area contributed by atoms with Crippen molar-refractivity contribution in [1.29, 1.82) is 0 Å². The van der Waals surface area contributed by atoms with E-state index >= 15 is 0 Å². The smallest absolute Gasteiger partial charge is 0.313 e. The lowest BCUT2D eigenvalue weighted by Gasteiger charge is -2.07. The molecular weight excluding hydrogens is 264 g/mol. The van der Waals surface area contributed by atoms with E-state index in [1.54, 1.807) is 6.20 Å². The van der Waals surface area contributed by atoms with Crippen molar-refractivity contribution in [2.24, 2.45) is 0 Å². The minimum Gasteiger partial charge on any atom is -0.481 e. The van der Waals surface area contributed by atoms with Crippen LogP contribution in [0.4, 0.5) is 0 Å². The van der Waals surface area contributed by atoms with Gasteiger partial charge in [0.1, 0.15) is 5.82 Å². The number of rotatable bonds is 6. The number of carboxylic acid groups (broad SMARTS) is 1. The second-order valence-electron chi connectivity index (χ2n) is 3.98. The molecule has 0 amide bonds. The molecule has 7 heteroatoms. The van der Waals surface area contributed by atoms with Gasteiger partial charge >= 0.3 is 5.97 Å². The molecule has 0 saturated carbocycles. The highest BCUT2D eigenvalue weighted by Gasteiger charge is 2.11. The maximum Gasteiger partial charge on any atom is 0.313 e. The summed E-state index contributed by atoms with van der Waals surface area (Å²) in [6, 6.07) is 3.91. The van der Waals surface area contributed by atoms with Crippen molar-refractivity contribution in [2.75, 3.05) is 5.75 Å². The molecule has 2 heterocycles. The molecule has 19 heavy (non-hydrogen) atoms. The van der Waals surface area contributed by atoms with Gasteiger partial charge in [0.15, 0.2) is 5.16 Å². The number of carboxylic acids is 1. The van der Waals surface area contributed by atoms with Crippen LogP contribution in [-0.2, 0) is 17.8 Å². The molecule has 0 aliphatic heterocycles. The molecule has 2 aromatic heterocycles. The third kappa shape index (κ3) is 3.78. The number of thioether (sulfide) groups is 1. The Morgan fingerprint density at radius 3 is 3.00 bits per heavy atom. The van der Waals surface area contributed by atoms with Crippen molar-refractivity contribution in [2.45, 2.75) is 25.0 Å². The SMILES string of the molecule is Cc1nnc(SCC(=O)O)n1CCc1cccnc1. The van der Waals surface area contributed by atoms with Gasteiger partial charge in [-0.3, -0.25) is 9.78 Å². The molecule has 0 aliphatic carbocycles. The Morgan fingerprint density at radius 1 is 1.47 bits per heavy atom. The number of nitrogens with zero attached hydrogens (tertiary/aromatic N) is 4. The van der Waals surface area contributed by atoms with Crippen LogP contribution < -0.4 is 0 Å². The van der Waals surface area contributed by atoms with Crippen LogP contribution in [0.3, 0.4) is 0 Å². The van der Waals surface area contributed by atoms with E-state index < -0.39 is 5.97 Å². The summed E-state index contributed by atoms with van der Waals surface area (Å²) in [4.78, 5) is 14.6. The average molecular weight is 278 g/mol. The van der Waals surface area contributed by atoms with E-state index in [0.717, 1.165) is 17.8 Å². The van der Waals surface area contributed by atoms with Gasteiger partial charge in [-0.1, -0.05) is 17.8 Å². The first-order chi connectivity index (χ1) is 9.16. The minimum absolute atomic E-state index is 0.00890. The molecule has 2 rings (SSSR count). The Kier molecular flexibility index (Phi) is 4.51. The number of hydrogen-bond acceptors (Lipinski definition) is 5. The maximum atomic E-state index is 10.6. The van der Waals surface area contributed by atoms with Crippen molar-refractivity contribution >= 4 is 17.7 Å². The normalized spacial score (nSPS) is 10.6. The third-order valence-corrected chi connectivity index (χ3v) is 3.52. The summed E-state index contributed by atoms with van der Waals surface area (Å²) in [6.07, 6.45) is 4.37. The lowest BCUT2D eigenvalue weighted by atomic mass is 10.2. The zero-order valence-electron chi connectivity index (χ0n) is 10.5. The molecule has 0 bridgehead atoms. The lowest BCUT2D eigenvalue weighted by molar-refractivity contribution is -0.133. The van der Waals surface area contributed by atoms with Gasteiger partial charge in [-0.05, 0) is 25.0 Å². The van der Waals surface area contributed by atoms with E-state index in [1.807, 2.05) is 29.8 Å². The van der Waals surface area contributed by atoms with Crippen LogP contribution in [0, 0.1) is 6.92 Å². The third-order valence-electron chi connectivity index (χ3n) is 2.57. The Labute approximate surface area is 114 Å². The monoisotopic (exact) mass is 278 g/mol. The van der Waals surface area contributed by atoms with E-state index in [9.17, 15) is 4.79 Å². The minimum atomic E-state index is -0.857. The first-order valence-corrected chi connectivity index (χ1v) is 6.78. The van der Waals surface area contributed by atoms with Crippen molar-refractivity contribution in [3.63, 3.8) is 0 Å². The number of pyridine rings is 1. The molecule has 2 aromatic rings. The van der Waals surface area contributed by atoms with E-state index in [4.69, 9.17) is 5.11 Å². The van der Waals surface area contributed by atoms with Crippen molar-refractivity contribution in [3.05, 3.63) is 35.9 Å². The fraction of sp³-hybridized carbons (Fsp3) is 0.333. The van der Waals surface area contributed by atoms with E-state index in [2.05, 4.69) is 15.2 Å².